The topological polar surface area (TPSA) is 51.2 Å². The predicted molar refractivity (Wildman–Crippen MR) is 75.7 cm³/mol. The summed E-state index contributed by atoms with van der Waals surface area (Å²) >= 11 is 1.56. The Morgan fingerprint density at radius 3 is 2.95 bits per heavy atom. The van der Waals surface area contributed by atoms with Gasteiger partial charge in [0.1, 0.15) is 0 Å². The number of nitrogens with one attached hydrogen (secondary N) is 1. The van der Waals surface area contributed by atoms with Crippen molar-refractivity contribution >= 4 is 22.4 Å². The van der Waals surface area contributed by atoms with Gasteiger partial charge in [0, 0.05) is 10.9 Å². The number of anilines is 1. The molecule has 104 valence electrons. The summed E-state index contributed by atoms with van der Waals surface area (Å²) in [7, 11) is 0. The molecule has 3 rings (SSSR count). The number of aryl methyl sites for hydroxylation is 1. The number of ether oxygens (including phenoxy) is 1. The number of aromatic nitrogens is 1. The lowest BCUT2D eigenvalue weighted by Gasteiger charge is -2.22. The van der Waals surface area contributed by atoms with E-state index >= 15 is 0 Å². The van der Waals surface area contributed by atoms with Crippen LogP contribution in [-0.4, -0.2) is 23.6 Å². The fourth-order valence-electron chi connectivity index (χ4n) is 3.43. The van der Waals surface area contributed by atoms with Gasteiger partial charge in [0.2, 0.25) is 0 Å². The minimum absolute atomic E-state index is 0.308. The molecular formula is C14H20N2O2S. The van der Waals surface area contributed by atoms with E-state index < -0.39 is 0 Å². The Kier molecular flexibility index (Phi) is 3.48. The molecule has 0 aromatic carbocycles. The van der Waals surface area contributed by atoms with Gasteiger partial charge in [0.15, 0.2) is 10.8 Å². The molecule has 2 fully saturated rings. The third-order valence-electron chi connectivity index (χ3n) is 4.31. The number of fused-ring (bicyclic) bond motifs is 2. The molecule has 1 aromatic heterocycles. The Hall–Kier alpha value is -1.10. The van der Waals surface area contributed by atoms with Crippen molar-refractivity contribution in [3.63, 3.8) is 0 Å². The number of hydrogen-bond acceptors (Lipinski definition) is 5. The van der Waals surface area contributed by atoms with Crippen LogP contribution in [0, 0.1) is 18.8 Å². The third-order valence-corrected chi connectivity index (χ3v) is 5.21. The maximum atomic E-state index is 11.7. The van der Waals surface area contributed by atoms with Crippen molar-refractivity contribution in [2.45, 2.75) is 45.6 Å². The minimum Gasteiger partial charge on any atom is -0.461 e. The van der Waals surface area contributed by atoms with Gasteiger partial charge < -0.3 is 10.1 Å². The number of thiazole rings is 1. The molecule has 19 heavy (non-hydrogen) atoms. The molecule has 0 spiro atoms. The van der Waals surface area contributed by atoms with Gasteiger partial charge in [-0.15, -0.1) is 11.3 Å². The van der Waals surface area contributed by atoms with Gasteiger partial charge in [-0.3, -0.25) is 0 Å². The van der Waals surface area contributed by atoms with Crippen LogP contribution in [0.4, 0.5) is 5.13 Å². The molecule has 0 radical (unpaired) electrons. The second-order valence-corrected chi connectivity index (χ2v) is 6.77. The summed E-state index contributed by atoms with van der Waals surface area (Å²) in [5.41, 5.74) is 0.470. The van der Waals surface area contributed by atoms with Crippen LogP contribution in [0.5, 0.6) is 0 Å². The van der Waals surface area contributed by atoms with Gasteiger partial charge in [0.25, 0.3) is 0 Å². The molecule has 3 atom stereocenters. The minimum atomic E-state index is -0.308. The Morgan fingerprint density at radius 1 is 1.47 bits per heavy atom. The lowest BCUT2D eigenvalue weighted by Crippen LogP contribution is -2.25. The van der Waals surface area contributed by atoms with Crippen molar-refractivity contribution < 1.29 is 9.53 Å². The van der Waals surface area contributed by atoms with Crippen LogP contribution in [0.3, 0.4) is 0 Å². The van der Waals surface area contributed by atoms with Crippen LogP contribution < -0.4 is 5.32 Å². The maximum absolute atomic E-state index is 11.7. The predicted octanol–water partition coefficient (Wildman–Crippen LogP) is 3.23. The Labute approximate surface area is 117 Å². The van der Waals surface area contributed by atoms with E-state index in [1.54, 1.807) is 11.3 Å². The summed E-state index contributed by atoms with van der Waals surface area (Å²) in [6.45, 7) is 4.13. The highest BCUT2D eigenvalue weighted by Gasteiger charge is 2.39. The maximum Gasteiger partial charge on any atom is 0.358 e. The third kappa shape index (κ3) is 2.48. The highest BCUT2D eigenvalue weighted by Crippen LogP contribution is 2.45. The average molecular weight is 280 g/mol. The molecule has 0 amide bonds. The van der Waals surface area contributed by atoms with Gasteiger partial charge in [-0.25, -0.2) is 9.78 Å². The van der Waals surface area contributed by atoms with Gasteiger partial charge in [0.05, 0.1) is 6.61 Å². The first-order chi connectivity index (χ1) is 9.17. The highest BCUT2D eigenvalue weighted by atomic mass is 32.1. The zero-order valence-corrected chi connectivity index (χ0v) is 12.3. The molecule has 2 aliphatic rings. The van der Waals surface area contributed by atoms with E-state index in [0.717, 1.165) is 21.8 Å². The van der Waals surface area contributed by atoms with Crippen molar-refractivity contribution in [1.29, 1.82) is 0 Å². The molecule has 1 heterocycles. The zero-order chi connectivity index (χ0) is 13.4. The van der Waals surface area contributed by atoms with Crippen LogP contribution in [-0.2, 0) is 4.74 Å². The van der Waals surface area contributed by atoms with Crippen LogP contribution in [0.15, 0.2) is 0 Å². The largest absolute Gasteiger partial charge is 0.461 e. The fraction of sp³-hybridized carbons (Fsp3) is 0.714. The van der Waals surface area contributed by atoms with E-state index in [4.69, 9.17) is 4.74 Å². The smallest absolute Gasteiger partial charge is 0.358 e. The summed E-state index contributed by atoms with van der Waals surface area (Å²) < 4.78 is 5.02. The van der Waals surface area contributed by atoms with Crippen LogP contribution in [0.1, 0.15) is 48.0 Å². The molecule has 0 aliphatic heterocycles. The lowest BCUT2D eigenvalue weighted by molar-refractivity contribution is 0.0519. The van der Waals surface area contributed by atoms with Crippen molar-refractivity contribution in [2.75, 3.05) is 11.9 Å². The van der Waals surface area contributed by atoms with E-state index in [2.05, 4.69) is 10.3 Å². The van der Waals surface area contributed by atoms with E-state index in [1.807, 2.05) is 13.8 Å². The SMILES string of the molecule is CCOC(=O)c1nc(NC2CC3CCC2C3)sc1C. The fourth-order valence-corrected chi connectivity index (χ4v) is 4.29. The average Bonchev–Trinajstić information content (AvgIpc) is 3.05. The molecule has 4 nitrogen and oxygen atoms in total. The number of hydrogen-bond donors (Lipinski definition) is 1. The Balaban J connectivity index is 1.69. The standard InChI is InChI=1S/C14H20N2O2S/c1-3-18-13(17)12-8(2)19-14(16-12)15-11-7-9-4-5-10(11)6-9/h9-11H,3-7H2,1-2H3,(H,15,16). The van der Waals surface area contributed by atoms with Crippen LogP contribution in [0.25, 0.3) is 0 Å². The first-order valence-electron chi connectivity index (χ1n) is 7.08. The molecule has 1 N–H and O–H groups in total. The van der Waals surface area contributed by atoms with Gasteiger partial charge >= 0.3 is 5.97 Å². The summed E-state index contributed by atoms with van der Waals surface area (Å²) in [4.78, 5) is 17.1. The van der Waals surface area contributed by atoms with Crippen molar-refractivity contribution in [3.8, 4) is 0 Å². The second-order valence-electron chi connectivity index (χ2n) is 5.57. The molecule has 1 aromatic rings. The number of esters is 1. The van der Waals surface area contributed by atoms with E-state index in [9.17, 15) is 4.79 Å². The van der Waals surface area contributed by atoms with Crippen LogP contribution in [0.2, 0.25) is 0 Å². The quantitative estimate of drug-likeness (QED) is 0.860. The molecule has 5 heteroatoms. The van der Waals surface area contributed by atoms with Crippen molar-refractivity contribution in [2.24, 2.45) is 11.8 Å². The first-order valence-corrected chi connectivity index (χ1v) is 7.90. The lowest BCUT2D eigenvalue weighted by atomic mass is 9.96. The summed E-state index contributed by atoms with van der Waals surface area (Å²) in [6, 6.07) is 0.555. The van der Waals surface area contributed by atoms with Crippen molar-refractivity contribution in [3.05, 3.63) is 10.6 Å². The highest BCUT2D eigenvalue weighted by molar-refractivity contribution is 7.15. The summed E-state index contributed by atoms with van der Waals surface area (Å²) in [5.74, 6) is 1.41. The van der Waals surface area contributed by atoms with Gasteiger partial charge in [-0.1, -0.05) is 6.42 Å². The molecule has 2 bridgehead atoms. The first kappa shape index (κ1) is 12.9. The summed E-state index contributed by atoms with van der Waals surface area (Å²) in [6.07, 6.45) is 5.37. The second kappa shape index (κ2) is 5.12. The molecule has 2 aliphatic carbocycles. The van der Waals surface area contributed by atoms with Gasteiger partial charge in [-0.05, 0) is 44.9 Å². The van der Waals surface area contributed by atoms with Crippen molar-refractivity contribution in [1.82, 2.24) is 4.98 Å². The molecular weight excluding hydrogens is 260 g/mol. The zero-order valence-electron chi connectivity index (χ0n) is 11.4. The van der Waals surface area contributed by atoms with E-state index in [1.165, 1.54) is 25.7 Å². The van der Waals surface area contributed by atoms with E-state index in [-0.39, 0.29) is 5.97 Å². The number of carbonyl (C=O) groups excluding carboxylic acids is 1. The van der Waals surface area contributed by atoms with E-state index in [0.29, 0.717) is 18.3 Å². The Bertz CT molecular complexity index is 486. The van der Waals surface area contributed by atoms with Gasteiger partial charge in [-0.2, -0.15) is 0 Å². The summed E-state index contributed by atoms with van der Waals surface area (Å²) in [5, 5.41) is 4.40. The molecule has 2 saturated carbocycles. The monoisotopic (exact) mass is 280 g/mol. The number of carbonyl (C=O) groups is 1. The number of rotatable bonds is 4. The normalized spacial score (nSPS) is 28.6. The molecule has 3 unspecified atom stereocenters. The Morgan fingerprint density at radius 2 is 2.32 bits per heavy atom. The van der Waals surface area contributed by atoms with Crippen LogP contribution >= 0.6 is 11.3 Å². The number of nitrogens with zero attached hydrogens (tertiary/aromatic N) is 1. The molecule has 0 saturated heterocycles.